The van der Waals surface area contributed by atoms with Gasteiger partial charge in [-0.2, -0.15) is 0 Å². The summed E-state index contributed by atoms with van der Waals surface area (Å²) in [6, 6.07) is 0.367. The van der Waals surface area contributed by atoms with Crippen LogP contribution in [-0.2, 0) is 4.79 Å². The van der Waals surface area contributed by atoms with Gasteiger partial charge in [0.2, 0.25) is 5.91 Å². The van der Waals surface area contributed by atoms with E-state index in [9.17, 15) is 4.79 Å². The van der Waals surface area contributed by atoms with Crippen molar-refractivity contribution in [1.29, 1.82) is 0 Å². The van der Waals surface area contributed by atoms with E-state index < -0.39 is 0 Å². The highest BCUT2D eigenvalue weighted by molar-refractivity contribution is 5.73. The Balaban J connectivity index is 4.15. The zero-order valence-electron chi connectivity index (χ0n) is 8.34. The van der Waals surface area contributed by atoms with Gasteiger partial charge in [0.05, 0.1) is 0 Å². The van der Waals surface area contributed by atoms with E-state index in [4.69, 9.17) is 5.73 Å². The number of hydrogen-bond acceptors (Lipinski definition) is 2. The van der Waals surface area contributed by atoms with Crippen molar-refractivity contribution in [3.63, 3.8) is 0 Å². The molecule has 0 aliphatic rings. The van der Waals surface area contributed by atoms with Crippen LogP contribution in [0.4, 0.5) is 0 Å². The summed E-state index contributed by atoms with van der Waals surface area (Å²) < 4.78 is 0. The van der Waals surface area contributed by atoms with E-state index >= 15 is 0 Å². The number of carbonyl (C=O) groups excluding carboxylic acids is 1. The maximum atomic E-state index is 11.2. The van der Waals surface area contributed by atoms with Gasteiger partial charge in [-0.3, -0.25) is 4.79 Å². The molecule has 1 amide bonds. The Kier molecular flexibility index (Phi) is 5.72. The Labute approximate surface area is 74.9 Å². The molecule has 0 aromatic heterocycles. The average molecular weight is 172 g/mol. The molecule has 0 aliphatic heterocycles. The number of hydrogen-bond donors (Lipinski definition) is 1. The Morgan fingerprint density at radius 1 is 1.42 bits per heavy atom. The van der Waals surface area contributed by atoms with Gasteiger partial charge >= 0.3 is 0 Å². The molecule has 0 heterocycles. The monoisotopic (exact) mass is 172 g/mol. The molecule has 0 saturated carbocycles. The van der Waals surface area contributed by atoms with E-state index in [1.54, 1.807) is 6.92 Å². The van der Waals surface area contributed by atoms with Crippen molar-refractivity contribution in [1.82, 2.24) is 4.90 Å². The lowest BCUT2D eigenvalue weighted by molar-refractivity contribution is -0.131. The summed E-state index contributed by atoms with van der Waals surface area (Å²) in [4.78, 5) is 13.0. The molecule has 0 saturated heterocycles. The minimum Gasteiger partial charge on any atom is -0.339 e. The summed E-state index contributed by atoms with van der Waals surface area (Å²) in [5, 5.41) is 0. The molecule has 0 rings (SSSR count). The third-order valence-electron chi connectivity index (χ3n) is 2.16. The zero-order chi connectivity index (χ0) is 9.56. The van der Waals surface area contributed by atoms with Gasteiger partial charge in [-0.15, -0.1) is 0 Å². The van der Waals surface area contributed by atoms with E-state index in [1.165, 1.54) is 0 Å². The SMILES string of the molecule is CCC(CC)N(CCN)C(C)=O. The van der Waals surface area contributed by atoms with Crippen LogP contribution in [0.3, 0.4) is 0 Å². The maximum Gasteiger partial charge on any atom is 0.219 e. The number of nitrogens with zero attached hydrogens (tertiary/aromatic N) is 1. The molecule has 0 spiro atoms. The predicted molar refractivity (Wildman–Crippen MR) is 50.8 cm³/mol. The summed E-state index contributed by atoms with van der Waals surface area (Å²) >= 11 is 0. The molecule has 0 aliphatic carbocycles. The molecule has 2 N–H and O–H groups in total. The fourth-order valence-electron chi connectivity index (χ4n) is 1.47. The number of carbonyl (C=O) groups is 1. The second-order valence-corrected chi connectivity index (χ2v) is 2.97. The fraction of sp³-hybridized carbons (Fsp3) is 0.889. The molecule has 0 fully saturated rings. The fourth-order valence-corrected chi connectivity index (χ4v) is 1.47. The second kappa shape index (κ2) is 6.00. The Bertz CT molecular complexity index is 132. The van der Waals surface area contributed by atoms with Gasteiger partial charge in [0.15, 0.2) is 0 Å². The lowest BCUT2D eigenvalue weighted by Crippen LogP contribution is -2.41. The Hall–Kier alpha value is -0.570. The van der Waals surface area contributed by atoms with E-state index in [1.807, 2.05) is 4.90 Å². The van der Waals surface area contributed by atoms with Gasteiger partial charge in [0.1, 0.15) is 0 Å². The van der Waals surface area contributed by atoms with Gasteiger partial charge in [-0.05, 0) is 12.8 Å². The molecule has 3 nitrogen and oxygen atoms in total. The maximum absolute atomic E-state index is 11.2. The van der Waals surface area contributed by atoms with E-state index in [-0.39, 0.29) is 5.91 Å². The molecular weight excluding hydrogens is 152 g/mol. The molecular formula is C9H20N2O. The highest BCUT2D eigenvalue weighted by atomic mass is 16.2. The minimum atomic E-state index is 0.133. The van der Waals surface area contributed by atoms with Crippen LogP contribution in [0.2, 0.25) is 0 Å². The molecule has 0 bridgehead atoms. The summed E-state index contributed by atoms with van der Waals surface area (Å²) in [7, 11) is 0. The van der Waals surface area contributed by atoms with Gasteiger partial charge in [0, 0.05) is 26.1 Å². The summed E-state index contributed by atoms with van der Waals surface area (Å²) in [5.74, 6) is 0.133. The van der Waals surface area contributed by atoms with Crippen LogP contribution in [0.15, 0.2) is 0 Å². The smallest absolute Gasteiger partial charge is 0.219 e. The first kappa shape index (κ1) is 11.4. The highest BCUT2D eigenvalue weighted by Crippen LogP contribution is 2.07. The Morgan fingerprint density at radius 2 is 1.92 bits per heavy atom. The first-order valence-electron chi connectivity index (χ1n) is 4.64. The van der Waals surface area contributed by atoms with Crippen molar-refractivity contribution >= 4 is 5.91 Å². The largest absolute Gasteiger partial charge is 0.339 e. The number of amides is 1. The lowest BCUT2D eigenvalue weighted by atomic mass is 10.1. The molecule has 12 heavy (non-hydrogen) atoms. The minimum absolute atomic E-state index is 0.133. The van der Waals surface area contributed by atoms with Crippen molar-refractivity contribution < 1.29 is 4.79 Å². The first-order valence-corrected chi connectivity index (χ1v) is 4.64. The van der Waals surface area contributed by atoms with Crippen molar-refractivity contribution in [2.45, 2.75) is 39.7 Å². The third-order valence-corrected chi connectivity index (χ3v) is 2.16. The first-order chi connectivity index (χ1) is 5.67. The zero-order valence-corrected chi connectivity index (χ0v) is 8.34. The molecule has 0 unspecified atom stereocenters. The van der Waals surface area contributed by atoms with Crippen molar-refractivity contribution in [3.8, 4) is 0 Å². The van der Waals surface area contributed by atoms with E-state index in [0.717, 1.165) is 12.8 Å². The van der Waals surface area contributed by atoms with Crippen LogP contribution in [0.5, 0.6) is 0 Å². The van der Waals surface area contributed by atoms with Crippen molar-refractivity contribution in [2.24, 2.45) is 5.73 Å². The van der Waals surface area contributed by atoms with E-state index in [0.29, 0.717) is 19.1 Å². The normalized spacial score (nSPS) is 10.4. The molecule has 72 valence electrons. The van der Waals surface area contributed by atoms with Crippen molar-refractivity contribution in [3.05, 3.63) is 0 Å². The predicted octanol–water partition coefficient (Wildman–Crippen LogP) is 0.982. The van der Waals surface area contributed by atoms with Gasteiger partial charge < -0.3 is 10.6 Å². The van der Waals surface area contributed by atoms with Crippen LogP contribution in [-0.4, -0.2) is 29.9 Å². The lowest BCUT2D eigenvalue weighted by Gasteiger charge is -2.28. The molecule has 0 radical (unpaired) electrons. The van der Waals surface area contributed by atoms with Crippen molar-refractivity contribution in [2.75, 3.05) is 13.1 Å². The quantitative estimate of drug-likeness (QED) is 0.672. The Morgan fingerprint density at radius 3 is 2.17 bits per heavy atom. The van der Waals surface area contributed by atoms with Gasteiger partial charge in [0.25, 0.3) is 0 Å². The van der Waals surface area contributed by atoms with Crippen LogP contribution in [0, 0.1) is 0 Å². The van der Waals surface area contributed by atoms with Gasteiger partial charge in [-0.1, -0.05) is 13.8 Å². The molecule has 3 heteroatoms. The van der Waals surface area contributed by atoms with Crippen LogP contribution < -0.4 is 5.73 Å². The van der Waals surface area contributed by atoms with Crippen LogP contribution >= 0.6 is 0 Å². The number of nitrogens with two attached hydrogens (primary N) is 1. The van der Waals surface area contributed by atoms with E-state index in [2.05, 4.69) is 13.8 Å². The standard InChI is InChI=1S/C9H20N2O/c1-4-9(5-2)11(7-6-10)8(3)12/h9H,4-7,10H2,1-3H3. The summed E-state index contributed by atoms with van der Waals surface area (Å²) in [6.07, 6.45) is 2.02. The molecule has 0 aromatic rings. The summed E-state index contributed by atoms with van der Waals surface area (Å²) in [5.41, 5.74) is 5.42. The molecule has 0 aromatic carbocycles. The number of rotatable bonds is 5. The average Bonchev–Trinajstić information content (AvgIpc) is 2.05. The topological polar surface area (TPSA) is 46.3 Å². The van der Waals surface area contributed by atoms with Gasteiger partial charge in [-0.25, -0.2) is 0 Å². The third kappa shape index (κ3) is 3.22. The van der Waals surface area contributed by atoms with Crippen LogP contribution in [0.25, 0.3) is 0 Å². The van der Waals surface area contributed by atoms with Crippen LogP contribution in [0.1, 0.15) is 33.6 Å². The highest BCUT2D eigenvalue weighted by Gasteiger charge is 2.15. The summed E-state index contributed by atoms with van der Waals surface area (Å²) in [6.45, 7) is 7.03. The molecule has 0 atom stereocenters. The second-order valence-electron chi connectivity index (χ2n) is 2.97.